The number of fused-ring (bicyclic) bond motifs is 1. The van der Waals surface area contributed by atoms with E-state index in [1.807, 2.05) is 20.8 Å². The Morgan fingerprint density at radius 2 is 2.15 bits per heavy atom. The smallest absolute Gasteiger partial charge is 0.305 e. The van der Waals surface area contributed by atoms with Gasteiger partial charge in [-0.05, 0) is 6.92 Å². The number of nitrogens with zero attached hydrogens (tertiary/aromatic N) is 4. The maximum Gasteiger partial charge on any atom is 0.305 e. The van der Waals surface area contributed by atoms with Crippen molar-refractivity contribution in [2.75, 3.05) is 7.11 Å². The molecule has 110 valence electrons. The Morgan fingerprint density at radius 1 is 1.45 bits per heavy atom. The summed E-state index contributed by atoms with van der Waals surface area (Å²) in [6.07, 6.45) is 1.98. The van der Waals surface area contributed by atoms with Gasteiger partial charge in [-0.15, -0.1) is 10.2 Å². The second-order valence-electron chi connectivity index (χ2n) is 3.71. The van der Waals surface area contributed by atoms with Gasteiger partial charge in [-0.25, -0.2) is 0 Å². The highest BCUT2D eigenvalue weighted by Gasteiger charge is 2.18. The van der Waals surface area contributed by atoms with Gasteiger partial charge in [0.05, 0.1) is 13.5 Å². The molecule has 0 fully saturated rings. The molecular weight excluding hydrogens is 280 g/mol. The van der Waals surface area contributed by atoms with Crippen molar-refractivity contribution in [3.8, 4) is 0 Å². The van der Waals surface area contributed by atoms with E-state index in [0.717, 1.165) is 0 Å². The van der Waals surface area contributed by atoms with Crippen molar-refractivity contribution in [3.63, 3.8) is 0 Å². The molecule has 1 aromatic heterocycles. The third-order valence-electron chi connectivity index (χ3n) is 2.35. The first-order chi connectivity index (χ1) is 9.61. The standard InChI is InChI=1S/C10H12N4O3S.C2H6/c1-6-5-11-14-9(16)7(3-4-8(15)17-2)12-13-10(14)18-6;1-2/h5-6H,3-4H2,1-2H3;1-2H3. The molecule has 2 rings (SSSR count). The molecule has 0 radical (unpaired) electrons. The minimum atomic E-state index is -0.384. The number of rotatable bonds is 3. The van der Waals surface area contributed by atoms with E-state index >= 15 is 0 Å². The zero-order chi connectivity index (χ0) is 15.1. The predicted molar refractivity (Wildman–Crippen MR) is 77.2 cm³/mol. The highest BCUT2D eigenvalue weighted by atomic mass is 32.2. The van der Waals surface area contributed by atoms with Gasteiger partial charge in [-0.1, -0.05) is 25.6 Å². The number of esters is 1. The van der Waals surface area contributed by atoms with Crippen LogP contribution in [0.1, 0.15) is 32.9 Å². The molecule has 0 N–H and O–H groups in total. The van der Waals surface area contributed by atoms with Crippen molar-refractivity contribution in [2.24, 2.45) is 5.10 Å². The molecule has 1 aliphatic rings. The van der Waals surface area contributed by atoms with E-state index in [0.29, 0.717) is 5.16 Å². The molecule has 0 saturated carbocycles. The van der Waals surface area contributed by atoms with E-state index in [1.165, 1.54) is 23.5 Å². The molecule has 0 saturated heterocycles. The maximum absolute atomic E-state index is 12.0. The van der Waals surface area contributed by atoms with Crippen molar-refractivity contribution in [1.82, 2.24) is 14.9 Å². The highest BCUT2D eigenvalue weighted by molar-refractivity contribution is 8.00. The Hall–Kier alpha value is -1.70. The monoisotopic (exact) mass is 298 g/mol. The Bertz CT molecular complexity index is 556. The first-order valence-corrected chi connectivity index (χ1v) is 7.26. The van der Waals surface area contributed by atoms with E-state index in [4.69, 9.17) is 0 Å². The van der Waals surface area contributed by atoms with Crippen molar-refractivity contribution >= 4 is 23.9 Å². The summed E-state index contributed by atoms with van der Waals surface area (Å²) in [7, 11) is 1.30. The minimum absolute atomic E-state index is 0.104. The zero-order valence-corrected chi connectivity index (χ0v) is 12.8. The molecule has 2 heterocycles. The van der Waals surface area contributed by atoms with Gasteiger partial charge in [0, 0.05) is 17.9 Å². The van der Waals surface area contributed by atoms with Crippen LogP contribution in [-0.4, -0.2) is 39.4 Å². The topological polar surface area (TPSA) is 86.4 Å². The fourth-order valence-electron chi connectivity index (χ4n) is 1.41. The fraction of sp³-hybridized carbons (Fsp3) is 0.583. The maximum atomic E-state index is 12.0. The summed E-state index contributed by atoms with van der Waals surface area (Å²) in [6.45, 7) is 5.95. The predicted octanol–water partition coefficient (Wildman–Crippen LogP) is 1.10. The molecule has 1 aliphatic heterocycles. The summed E-state index contributed by atoms with van der Waals surface area (Å²) in [4.78, 5) is 23.0. The Morgan fingerprint density at radius 3 is 2.80 bits per heavy atom. The molecule has 0 aromatic carbocycles. The molecule has 0 bridgehead atoms. The van der Waals surface area contributed by atoms with Crippen LogP contribution >= 0.6 is 11.8 Å². The molecule has 1 atom stereocenters. The second-order valence-corrected chi connectivity index (χ2v) is 5.05. The number of carbonyl (C=O) groups is 1. The summed E-state index contributed by atoms with van der Waals surface area (Å²) in [5.41, 5.74) is -0.115. The summed E-state index contributed by atoms with van der Waals surface area (Å²) in [5.74, 6) is -0.384. The molecule has 0 spiro atoms. The van der Waals surface area contributed by atoms with Gasteiger partial charge in [0.1, 0.15) is 5.69 Å². The first-order valence-electron chi connectivity index (χ1n) is 6.38. The van der Waals surface area contributed by atoms with Crippen LogP contribution in [-0.2, 0) is 16.0 Å². The third-order valence-corrected chi connectivity index (χ3v) is 3.31. The lowest BCUT2D eigenvalue weighted by atomic mass is 10.2. The third kappa shape index (κ3) is 3.89. The number of methoxy groups -OCH3 is 1. The summed E-state index contributed by atoms with van der Waals surface area (Å²) < 4.78 is 5.72. The van der Waals surface area contributed by atoms with Crippen molar-refractivity contribution < 1.29 is 9.53 Å². The van der Waals surface area contributed by atoms with Gasteiger partial charge in [-0.2, -0.15) is 9.78 Å². The van der Waals surface area contributed by atoms with Crippen LogP contribution < -0.4 is 5.56 Å². The van der Waals surface area contributed by atoms with Gasteiger partial charge in [-0.3, -0.25) is 9.59 Å². The first kappa shape index (κ1) is 16.4. The van der Waals surface area contributed by atoms with Crippen molar-refractivity contribution in [2.45, 2.75) is 44.0 Å². The number of ether oxygens (including phenoxy) is 1. The van der Waals surface area contributed by atoms with Crippen LogP contribution in [0, 0.1) is 0 Å². The van der Waals surface area contributed by atoms with Gasteiger partial charge in [0.25, 0.3) is 5.56 Å². The minimum Gasteiger partial charge on any atom is -0.469 e. The lowest BCUT2D eigenvalue weighted by Crippen LogP contribution is -2.29. The average Bonchev–Trinajstić information content (AvgIpc) is 2.48. The largest absolute Gasteiger partial charge is 0.469 e. The van der Waals surface area contributed by atoms with E-state index < -0.39 is 0 Å². The number of carbonyl (C=O) groups excluding carboxylic acids is 1. The fourth-order valence-corrected chi connectivity index (χ4v) is 2.18. The Labute approximate surface area is 121 Å². The average molecular weight is 298 g/mol. The molecule has 0 amide bonds. The molecule has 8 heteroatoms. The molecule has 7 nitrogen and oxygen atoms in total. The normalized spacial score (nSPS) is 15.9. The summed E-state index contributed by atoms with van der Waals surface area (Å²) in [5, 5.41) is 12.4. The molecule has 1 aromatic rings. The number of aromatic nitrogens is 3. The summed E-state index contributed by atoms with van der Waals surface area (Å²) in [6, 6.07) is 0. The van der Waals surface area contributed by atoms with E-state index in [-0.39, 0.29) is 35.3 Å². The van der Waals surface area contributed by atoms with Crippen LogP contribution in [0.15, 0.2) is 15.1 Å². The van der Waals surface area contributed by atoms with Crippen molar-refractivity contribution in [1.29, 1.82) is 0 Å². The molecule has 20 heavy (non-hydrogen) atoms. The van der Waals surface area contributed by atoms with E-state index in [9.17, 15) is 9.59 Å². The lowest BCUT2D eigenvalue weighted by Gasteiger charge is -2.13. The van der Waals surface area contributed by atoms with Crippen molar-refractivity contribution in [3.05, 3.63) is 16.0 Å². The number of hydrogen-bond acceptors (Lipinski definition) is 7. The Balaban J connectivity index is 0.000000956. The van der Waals surface area contributed by atoms with Crippen LogP contribution in [0.3, 0.4) is 0 Å². The number of thioether (sulfide) groups is 1. The molecular formula is C12H18N4O3S. The van der Waals surface area contributed by atoms with Gasteiger partial charge < -0.3 is 4.74 Å². The van der Waals surface area contributed by atoms with Gasteiger partial charge >= 0.3 is 5.97 Å². The Kier molecular flexibility index (Phi) is 6.37. The quantitative estimate of drug-likeness (QED) is 0.777. The highest BCUT2D eigenvalue weighted by Crippen LogP contribution is 2.21. The van der Waals surface area contributed by atoms with E-state index in [2.05, 4.69) is 20.0 Å². The molecule has 1 unspecified atom stereocenters. The number of hydrogen-bond donors (Lipinski definition) is 0. The SMILES string of the molecule is CC.COC(=O)CCc1nnc2n(c1=O)N=CC(C)S2. The summed E-state index contributed by atoms with van der Waals surface area (Å²) >= 11 is 1.41. The second kappa shape index (κ2) is 7.78. The van der Waals surface area contributed by atoms with Gasteiger partial charge in [0.2, 0.25) is 5.16 Å². The van der Waals surface area contributed by atoms with Gasteiger partial charge in [0.15, 0.2) is 0 Å². The lowest BCUT2D eigenvalue weighted by molar-refractivity contribution is -0.140. The van der Waals surface area contributed by atoms with Crippen LogP contribution in [0.2, 0.25) is 0 Å². The van der Waals surface area contributed by atoms with Crippen LogP contribution in [0.4, 0.5) is 0 Å². The van der Waals surface area contributed by atoms with E-state index in [1.54, 1.807) is 6.21 Å². The molecule has 0 aliphatic carbocycles. The zero-order valence-electron chi connectivity index (χ0n) is 12.0. The van der Waals surface area contributed by atoms with Crippen LogP contribution in [0.5, 0.6) is 0 Å². The number of aryl methyl sites for hydroxylation is 1. The van der Waals surface area contributed by atoms with Crippen LogP contribution in [0.25, 0.3) is 0 Å².